The number of benzene rings is 2. The third-order valence-corrected chi connectivity index (χ3v) is 4.46. The average molecular weight is 342 g/mol. The van der Waals surface area contributed by atoms with E-state index in [9.17, 15) is 4.79 Å². The minimum atomic E-state index is -0.128. The molecule has 0 unspecified atom stereocenters. The Balaban J connectivity index is 1.63. The van der Waals surface area contributed by atoms with Gasteiger partial charge in [0, 0.05) is 23.0 Å². The lowest BCUT2D eigenvalue weighted by Crippen LogP contribution is -2.12. The summed E-state index contributed by atoms with van der Waals surface area (Å²) in [6.07, 6.45) is 1.92. The first kappa shape index (κ1) is 16.0. The van der Waals surface area contributed by atoms with Gasteiger partial charge in [-0.05, 0) is 61.4 Å². The van der Waals surface area contributed by atoms with Crippen molar-refractivity contribution >= 4 is 17.2 Å². The molecule has 0 radical (unpaired) electrons. The maximum Gasteiger partial charge on any atom is 0.255 e. The summed E-state index contributed by atoms with van der Waals surface area (Å²) < 4.78 is 1.92. The van der Waals surface area contributed by atoms with Crippen LogP contribution in [0, 0.1) is 13.8 Å². The number of pyridine rings is 1. The van der Waals surface area contributed by atoms with Crippen LogP contribution in [0.3, 0.4) is 0 Å². The summed E-state index contributed by atoms with van der Waals surface area (Å²) in [5.41, 5.74) is 5.31. The molecule has 4 rings (SSSR count). The van der Waals surface area contributed by atoms with Crippen molar-refractivity contribution in [3.8, 4) is 11.4 Å². The lowest BCUT2D eigenvalue weighted by molar-refractivity contribution is 0.102. The van der Waals surface area contributed by atoms with E-state index in [-0.39, 0.29) is 5.91 Å². The Kier molecular flexibility index (Phi) is 3.97. The molecule has 26 heavy (non-hydrogen) atoms. The van der Waals surface area contributed by atoms with Crippen molar-refractivity contribution in [1.82, 2.24) is 14.6 Å². The highest BCUT2D eigenvalue weighted by Crippen LogP contribution is 2.22. The Bertz CT molecular complexity index is 1110. The van der Waals surface area contributed by atoms with E-state index in [2.05, 4.69) is 15.5 Å². The summed E-state index contributed by atoms with van der Waals surface area (Å²) in [6, 6.07) is 19.1. The number of nitrogens with zero attached hydrogens (tertiary/aromatic N) is 3. The minimum absolute atomic E-state index is 0.128. The summed E-state index contributed by atoms with van der Waals surface area (Å²) in [4.78, 5) is 12.5. The molecule has 0 fully saturated rings. The fourth-order valence-corrected chi connectivity index (χ4v) is 2.86. The summed E-state index contributed by atoms with van der Waals surface area (Å²) in [5, 5.41) is 11.4. The number of aryl methyl sites for hydroxylation is 2. The van der Waals surface area contributed by atoms with Crippen molar-refractivity contribution in [2.45, 2.75) is 13.8 Å². The van der Waals surface area contributed by atoms with Gasteiger partial charge >= 0.3 is 0 Å². The molecule has 0 bridgehead atoms. The zero-order valence-corrected chi connectivity index (χ0v) is 14.6. The number of carbonyl (C=O) groups is 1. The maximum absolute atomic E-state index is 12.5. The molecule has 5 heteroatoms. The van der Waals surface area contributed by atoms with Crippen molar-refractivity contribution in [3.63, 3.8) is 0 Å². The number of hydrogen-bond donors (Lipinski definition) is 1. The van der Waals surface area contributed by atoms with E-state index in [1.165, 1.54) is 5.56 Å². The Labute approximate surface area is 151 Å². The van der Waals surface area contributed by atoms with Gasteiger partial charge in [-0.15, -0.1) is 10.2 Å². The third-order valence-electron chi connectivity index (χ3n) is 4.46. The van der Waals surface area contributed by atoms with Crippen LogP contribution in [0.4, 0.5) is 5.69 Å². The fourth-order valence-electron chi connectivity index (χ4n) is 2.86. The highest BCUT2D eigenvalue weighted by atomic mass is 16.1. The van der Waals surface area contributed by atoms with Crippen LogP contribution in [-0.2, 0) is 0 Å². The maximum atomic E-state index is 12.5. The predicted octanol–water partition coefficient (Wildman–Crippen LogP) is 4.27. The van der Waals surface area contributed by atoms with Crippen LogP contribution in [0.25, 0.3) is 17.0 Å². The summed E-state index contributed by atoms with van der Waals surface area (Å²) >= 11 is 0. The first-order valence-corrected chi connectivity index (χ1v) is 8.40. The molecule has 5 nitrogen and oxygen atoms in total. The van der Waals surface area contributed by atoms with Crippen molar-refractivity contribution in [2.75, 3.05) is 5.32 Å². The Morgan fingerprint density at radius 2 is 1.81 bits per heavy atom. The second-order valence-corrected chi connectivity index (χ2v) is 6.29. The van der Waals surface area contributed by atoms with Crippen LogP contribution in [-0.4, -0.2) is 20.5 Å². The Hall–Kier alpha value is -3.47. The molecule has 0 saturated heterocycles. The van der Waals surface area contributed by atoms with Gasteiger partial charge in [-0.1, -0.05) is 24.3 Å². The zero-order valence-electron chi connectivity index (χ0n) is 14.6. The molecular weight excluding hydrogens is 324 g/mol. The number of fused-ring (bicyclic) bond motifs is 1. The van der Waals surface area contributed by atoms with E-state index in [1.54, 1.807) is 0 Å². The molecule has 128 valence electrons. The highest BCUT2D eigenvalue weighted by Gasteiger charge is 2.10. The van der Waals surface area contributed by atoms with E-state index in [0.29, 0.717) is 5.56 Å². The molecule has 2 aromatic heterocycles. The Morgan fingerprint density at radius 3 is 2.65 bits per heavy atom. The molecule has 2 aromatic carbocycles. The molecule has 0 saturated carbocycles. The molecule has 0 atom stereocenters. The zero-order chi connectivity index (χ0) is 18.1. The van der Waals surface area contributed by atoms with E-state index in [1.807, 2.05) is 85.1 Å². The lowest BCUT2D eigenvalue weighted by atomic mass is 10.1. The van der Waals surface area contributed by atoms with Crippen molar-refractivity contribution in [2.24, 2.45) is 0 Å². The van der Waals surface area contributed by atoms with Gasteiger partial charge < -0.3 is 5.32 Å². The molecular formula is C21H18N4O. The molecule has 0 aliphatic heterocycles. The van der Waals surface area contributed by atoms with Gasteiger partial charge in [0.25, 0.3) is 5.91 Å². The second-order valence-electron chi connectivity index (χ2n) is 6.29. The highest BCUT2D eigenvalue weighted by molar-refractivity contribution is 6.04. The van der Waals surface area contributed by atoms with Crippen LogP contribution in [0.1, 0.15) is 21.5 Å². The van der Waals surface area contributed by atoms with Crippen molar-refractivity contribution in [3.05, 3.63) is 83.6 Å². The lowest BCUT2D eigenvalue weighted by Gasteiger charge is -2.08. The average Bonchev–Trinajstić information content (AvgIpc) is 3.08. The van der Waals surface area contributed by atoms with Gasteiger partial charge in [-0.2, -0.15) is 0 Å². The van der Waals surface area contributed by atoms with Gasteiger partial charge in [0.2, 0.25) is 0 Å². The summed E-state index contributed by atoms with van der Waals surface area (Å²) in [7, 11) is 0. The van der Waals surface area contributed by atoms with E-state index >= 15 is 0 Å². The molecule has 1 N–H and O–H groups in total. The van der Waals surface area contributed by atoms with Gasteiger partial charge in [0.1, 0.15) is 0 Å². The van der Waals surface area contributed by atoms with Crippen LogP contribution >= 0.6 is 0 Å². The van der Waals surface area contributed by atoms with Crippen LogP contribution in [0.5, 0.6) is 0 Å². The molecule has 2 heterocycles. The quantitative estimate of drug-likeness (QED) is 0.605. The van der Waals surface area contributed by atoms with Gasteiger partial charge in [-0.3, -0.25) is 9.20 Å². The molecule has 0 spiro atoms. The summed E-state index contributed by atoms with van der Waals surface area (Å²) in [6.45, 7) is 4.03. The monoisotopic (exact) mass is 342 g/mol. The predicted molar refractivity (Wildman–Crippen MR) is 102 cm³/mol. The second kappa shape index (κ2) is 6.44. The van der Waals surface area contributed by atoms with Gasteiger partial charge in [0.05, 0.1) is 0 Å². The molecule has 1 amide bonds. The largest absolute Gasteiger partial charge is 0.322 e. The normalized spacial score (nSPS) is 10.8. The number of carbonyl (C=O) groups excluding carboxylic acids is 1. The number of anilines is 1. The Morgan fingerprint density at radius 1 is 0.923 bits per heavy atom. The van der Waals surface area contributed by atoms with E-state index in [4.69, 9.17) is 0 Å². The molecule has 0 aliphatic carbocycles. The van der Waals surface area contributed by atoms with Gasteiger partial charge in [-0.25, -0.2) is 0 Å². The smallest absolute Gasteiger partial charge is 0.255 e. The number of hydrogen-bond acceptors (Lipinski definition) is 3. The van der Waals surface area contributed by atoms with E-state index in [0.717, 1.165) is 28.3 Å². The van der Waals surface area contributed by atoms with Gasteiger partial charge in [0.15, 0.2) is 11.5 Å². The third kappa shape index (κ3) is 2.95. The molecule has 0 aliphatic rings. The fraction of sp³-hybridized carbons (Fsp3) is 0.0952. The number of aromatic nitrogens is 3. The van der Waals surface area contributed by atoms with E-state index < -0.39 is 0 Å². The summed E-state index contributed by atoms with van der Waals surface area (Å²) in [5.74, 6) is 0.610. The topological polar surface area (TPSA) is 59.3 Å². The standard InChI is InChI=1S/C21H18N4O/c1-14-9-10-17(12-15(14)2)21(26)22-18-7-5-6-16(13-18)20-24-23-19-8-3-4-11-25(19)20/h3-13H,1-2H3,(H,22,26). The van der Waals surface area contributed by atoms with Crippen LogP contribution in [0.2, 0.25) is 0 Å². The number of amides is 1. The minimum Gasteiger partial charge on any atom is -0.322 e. The van der Waals surface area contributed by atoms with Crippen LogP contribution in [0.15, 0.2) is 66.9 Å². The number of rotatable bonds is 3. The number of nitrogens with one attached hydrogen (secondary N) is 1. The van der Waals surface area contributed by atoms with Crippen LogP contribution < -0.4 is 5.32 Å². The first-order valence-electron chi connectivity index (χ1n) is 8.40. The van der Waals surface area contributed by atoms with Crippen molar-refractivity contribution < 1.29 is 4.79 Å². The van der Waals surface area contributed by atoms with Crippen molar-refractivity contribution in [1.29, 1.82) is 0 Å². The molecule has 4 aromatic rings. The SMILES string of the molecule is Cc1ccc(C(=O)Nc2cccc(-c3nnc4ccccn34)c2)cc1C. The first-order chi connectivity index (χ1) is 12.6.